The van der Waals surface area contributed by atoms with Crippen molar-refractivity contribution in [3.05, 3.63) is 17.7 Å². The van der Waals surface area contributed by atoms with E-state index in [1.54, 1.807) is 7.11 Å². The van der Waals surface area contributed by atoms with E-state index in [1.165, 1.54) is 13.3 Å². The Bertz CT molecular complexity index is 455. The van der Waals surface area contributed by atoms with E-state index in [9.17, 15) is 4.79 Å². The van der Waals surface area contributed by atoms with Gasteiger partial charge in [-0.05, 0) is 31.1 Å². The van der Waals surface area contributed by atoms with Gasteiger partial charge in [-0.2, -0.15) is 0 Å². The average molecular weight is 266 g/mol. The highest BCUT2D eigenvalue weighted by atomic mass is 16.5. The number of carbonyl (C=O) groups excluding carboxylic acids is 1. The molecule has 1 N–H and O–H groups in total. The van der Waals surface area contributed by atoms with Crippen LogP contribution in [-0.4, -0.2) is 30.2 Å². The normalized spacial score (nSPS) is 21.1. The summed E-state index contributed by atoms with van der Waals surface area (Å²) in [4.78, 5) is 18.8. The summed E-state index contributed by atoms with van der Waals surface area (Å²) in [5.41, 5.74) is 0.320. The molecule has 1 aromatic rings. The summed E-state index contributed by atoms with van der Waals surface area (Å²) in [6.07, 6.45) is 5.49. The molecule has 1 heterocycles. The lowest BCUT2D eigenvalue weighted by molar-refractivity contribution is -0.0724. The average Bonchev–Trinajstić information content (AvgIpc) is 2.89. The zero-order valence-electron chi connectivity index (χ0n) is 12.1. The highest BCUT2D eigenvalue weighted by molar-refractivity contribution is 5.86. The van der Waals surface area contributed by atoms with Gasteiger partial charge in [0.2, 0.25) is 0 Å². The van der Waals surface area contributed by atoms with Crippen LogP contribution in [0.2, 0.25) is 0 Å². The van der Waals surface area contributed by atoms with E-state index in [0.29, 0.717) is 11.1 Å². The molecule has 0 atom stereocenters. The second kappa shape index (κ2) is 4.96. The third kappa shape index (κ3) is 2.66. The molecule has 1 aliphatic carbocycles. The molecular formula is C14H22N2O3. The number of carbonyl (C=O) groups is 1. The van der Waals surface area contributed by atoms with Crippen molar-refractivity contribution < 1.29 is 14.3 Å². The Kier molecular flexibility index (Phi) is 3.67. The Morgan fingerprint density at radius 2 is 1.89 bits per heavy atom. The van der Waals surface area contributed by atoms with Crippen LogP contribution in [0, 0.1) is 5.41 Å². The second-order valence-electron chi connectivity index (χ2n) is 6.00. The largest absolute Gasteiger partial charge is 0.464 e. The molecule has 0 aliphatic heterocycles. The minimum Gasteiger partial charge on any atom is -0.464 e. The summed E-state index contributed by atoms with van der Waals surface area (Å²) in [6.45, 7) is 4.54. The van der Waals surface area contributed by atoms with E-state index in [2.05, 4.69) is 28.6 Å². The predicted octanol–water partition coefficient (Wildman–Crippen LogP) is 2.64. The van der Waals surface area contributed by atoms with Gasteiger partial charge in [-0.25, -0.2) is 9.78 Å². The number of imidazole rings is 1. The lowest BCUT2D eigenvalue weighted by Crippen LogP contribution is -2.37. The summed E-state index contributed by atoms with van der Waals surface area (Å²) in [5.74, 6) is 0.326. The first-order valence-electron chi connectivity index (χ1n) is 6.61. The molecule has 2 rings (SSSR count). The van der Waals surface area contributed by atoms with Crippen molar-refractivity contribution >= 4 is 5.97 Å². The van der Waals surface area contributed by atoms with Crippen LogP contribution in [0.5, 0.6) is 0 Å². The van der Waals surface area contributed by atoms with Crippen LogP contribution >= 0.6 is 0 Å². The van der Waals surface area contributed by atoms with E-state index < -0.39 is 11.6 Å². The van der Waals surface area contributed by atoms with Crippen LogP contribution in [0.25, 0.3) is 0 Å². The molecule has 1 aliphatic rings. The first kappa shape index (κ1) is 14.1. The molecule has 0 bridgehead atoms. The monoisotopic (exact) mass is 266 g/mol. The van der Waals surface area contributed by atoms with Gasteiger partial charge in [0.15, 0.2) is 0 Å². The first-order valence-corrected chi connectivity index (χ1v) is 6.61. The molecule has 5 nitrogen and oxygen atoms in total. The number of H-pyrrole nitrogens is 1. The fourth-order valence-electron chi connectivity index (χ4n) is 2.63. The van der Waals surface area contributed by atoms with E-state index in [0.717, 1.165) is 31.5 Å². The molecule has 1 fully saturated rings. The van der Waals surface area contributed by atoms with Gasteiger partial charge < -0.3 is 14.5 Å². The molecule has 106 valence electrons. The molecule has 0 aromatic carbocycles. The maximum atomic E-state index is 11.5. The Morgan fingerprint density at radius 3 is 2.42 bits per heavy atom. The van der Waals surface area contributed by atoms with Crippen molar-refractivity contribution in [3.8, 4) is 0 Å². The van der Waals surface area contributed by atoms with Crippen LogP contribution in [0.1, 0.15) is 55.8 Å². The number of ether oxygens (including phenoxy) is 2. The highest BCUT2D eigenvalue weighted by Crippen LogP contribution is 2.46. The standard InChI is InChI=1S/C14H22N2O3/c1-13(2)5-7-14(19-4,8-6-13)12-15-9-10(16-12)11(17)18-3/h9H,5-8H2,1-4H3,(H,15,16). The number of nitrogens with zero attached hydrogens (tertiary/aromatic N) is 1. The van der Waals surface area contributed by atoms with Crippen LogP contribution in [0.4, 0.5) is 0 Å². The van der Waals surface area contributed by atoms with E-state index in [4.69, 9.17) is 4.74 Å². The van der Waals surface area contributed by atoms with E-state index >= 15 is 0 Å². The quantitative estimate of drug-likeness (QED) is 0.854. The molecule has 0 amide bonds. The van der Waals surface area contributed by atoms with Gasteiger partial charge in [-0.3, -0.25) is 0 Å². The fraction of sp³-hybridized carbons (Fsp3) is 0.714. The fourth-order valence-corrected chi connectivity index (χ4v) is 2.63. The zero-order chi connectivity index (χ0) is 14.1. The Balaban J connectivity index is 2.23. The van der Waals surface area contributed by atoms with Crippen LogP contribution in [0.15, 0.2) is 6.20 Å². The number of hydrogen-bond donors (Lipinski definition) is 1. The van der Waals surface area contributed by atoms with Crippen molar-refractivity contribution in [2.75, 3.05) is 14.2 Å². The third-order valence-corrected chi connectivity index (χ3v) is 4.21. The number of esters is 1. The molecule has 1 aromatic heterocycles. The zero-order valence-corrected chi connectivity index (χ0v) is 12.1. The summed E-state index contributed by atoms with van der Waals surface area (Å²) in [5, 5.41) is 0. The number of rotatable bonds is 3. The van der Waals surface area contributed by atoms with Gasteiger partial charge in [0, 0.05) is 7.11 Å². The molecule has 5 heteroatoms. The van der Waals surface area contributed by atoms with Gasteiger partial charge in [0.1, 0.15) is 17.1 Å². The predicted molar refractivity (Wildman–Crippen MR) is 70.9 cm³/mol. The van der Waals surface area contributed by atoms with Gasteiger partial charge in [-0.15, -0.1) is 0 Å². The number of nitrogens with one attached hydrogen (secondary N) is 1. The summed E-state index contributed by atoms with van der Waals surface area (Å²) >= 11 is 0. The molecule has 0 saturated heterocycles. The van der Waals surface area contributed by atoms with Crippen molar-refractivity contribution in [1.29, 1.82) is 0 Å². The molecular weight excluding hydrogens is 244 g/mol. The van der Waals surface area contributed by atoms with Crippen molar-refractivity contribution in [1.82, 2.24) is 9.97 Å². The van der Waals surface area contributed by atoms with Crippen LogP contribution < -0.4 is 0 Å². The maximum Gasteiger partial charge on any atom is 0.356 e. The van der Waals surface area contributed by atoms with Gasteiger partial charge in [0.25, 0.3) is 0 Å². The van der Waals surface area contributed by atoms with Crippen LogP contribution in [0.3, 0.4) is 0 Å². The first-order chi connectivity index (χ1) is 8.92. The van der Waals surface area contributed by atoms with Gasteiger partial charge in [0.05, 0.1) is 13.3 Å². The van der Waals surface area contributed by atoms with Crippen molar-refractivity contribution in [2.24, 2.45) is 5.41 Å². The smallest absolute Gasteiger partial charge is 0.356 e. The number of methoxy groups -OCH3 is 2. The van der Waals surface area contributed by atoms with Gasteiger partial charge >= 0.3 is 5.97 Å². The number of aromatic amines is 1. The third-order valence-electron chi connectivity index (χ3n) is 4.21. The topological polar surface area (TPSA) is 64.2 Å². The SMILES string of the molecule is COC(=O)c1cnc(C2(OC)CCC(C)(C)CC2)[nH]1. The Hall–Kier alpha value is -1.36. The molecule has 0 radical (unpaired) electrons. The second-order valence-corrected chi connectivity index (χ2v) is 6.00. The van der Waals surface area contributed by atoms with Crippen molar-refractivity contribution in [3.63, 3.8) is 0 Å². The highest BCUT2D eigenvalue weighted by Gasteiger charge is 2.42. The lowest BCUT2D eigenvalue weighted by atomic mass is 9.70. The molecule has 0 unspecified atom stereocenters. The van der Waals surface area contributed by atoms with Gasteiger partial charge in [-0.1, -0.05) is 13.8 Å². The molecule has 0 spiro atoms. The molecule has 1 saturated carbocycles. The lowest BCUT2D eigenvalue weighted by Gasteiger charge is -2.41. The van der Waals surface area contributed by atoms with E-state index in [1.807, 2.05) is 0 Å². The molecule has 19 heavy (non-hydrogen) atoms. The van der Waals surface area contributed by atoms with Crippen molar-refractivity contribution in [2.45, 2.75) is 45.1 Å². The minimum absolute atomic E-state index is 0.347. The summed E-state index contributed by atoms with van der Waals surface area (Å²) in [7, 11) is 3.07. The van der Waals surface area contributed by atoms with E-state index in [-0.39, 0.29) is 0 Å². The number of hydrogen-bond acceptors (Lipinski definition) is 4. The maximum absolute atomic E-state index is 11.5. The Labute approximate surface area is 113 Å². The summed E-state index contributed by atoms with van der Waals surface area (Å²) < 4.78 is 10.4. The summed E-state index contributed by atoms with van der Waals surface area (Å²) in [6, 6.07) is 0. The minimum atomic E-state index is -0.402. The van der Waals surface area contributed by atoms with Crippen LogP contribution in [-0.2, 0) is 15.1 Å². The Morgan fingerprint density at radius 1 is 1.26 bits per heavy atom. The number of aromatic nitrogens is 2.